The Morgan fingerprint density at radius 3 is 2.55 bits per heavy atom. The molecule has 0 aromatic heterocycles. The van der Waals surface area contributed by atoms with Crippen LogP contribution >= 0.6 is 0 Å². The van der Waals surface area contributed by atoms with Gasteiger partial charge >= 0.3 is 0 Å². The van der Waals surface area contributed by atoms with E-state index >= 15 is 0 Å². The summed E-state index contributed by atoms with van der Waals surface area (Å²) in [6.07, 6.45) is 1.48. The Labute approximate surface area is 179 Å². The maximum absolute atomic E-state index is 13.1. The average Bonchev–Trinajstić information content (AvgIpc) is 3.27. The van der Waals surface area contributed by atoms with Gasteiger partial charge in [-0.15, -0.1) is 0 Å². The largest absolute Gasteiger partial charge is 0.327 e. The van der Waals surface area contributed by atoms with E-state index in [0.29, 0.717) is 35.5 Å². The van der Waals surface area contributed by atoms with Crippen LogP contribution in [0.4, 0.5) is 11.4 Å². The number of carbonyl (C=O) groups is 3. The highest BCUT2D eigenvalue weighted by Gasteiger charge is 2.38. The molecule has 0 bridgehead atoms. The van der Waals surface area contributed by atoms with E-state index in [1.807, 2.05) is 48.5 Å². The van der Waals surface area contributed by atoms with Gasteiger partial charge in [0.25, 0.3) is 11.8 Å². The minimum Gasteiger partial charge on any atom is -0.327 e. The molecule has 0 radical (unpaired) electrons. The molecule has 1 fully saturated rings. The van der Waals surface area contributed by atoms with Crippen molar-refractivity contribution in [3.8, 4) is 11.1 Å². The molecule has 0 spiro atoms. The number of nitrogens with one attached hydrogen (secondary N) is 2. The van der Waals surface area contributed by atoms with Crippen LogP contribution in [0, 0.1) is 0 Å². The second-order valence-electron chi connectivity index (χ2n) is 7.77. The third-order valence-electron chi connectivity index (χ3n) is 5.84. The van der Waals surface area contributed by atoms with Crippen molar-refractivity contribution in [3.05, 3.63) is 83.9 Å². The lowest BCUT2D eigenvalue weighted by Gasteiger charge is -2.20. The summed E-state index contributed by atoms with van der Waals surface area (Å²) in [5, 5.41) is 5.76. The van der Waals surface area contributed by atoms with Gasteiger partial charge in [0.1, 0.15) is 6.04 Å². The third kappa shape index (κ3) is 3.46. The predicted octanol–water partition coefficient (Wildman–Crippen LogP) is 4.16. The second kappa shape index (κ2) is 7.72. The van der Waals surface area contributed by atoms with E-state index in [9.17, 15) is 14.4 Å². The standard InChI is InChI=1S/C25H21N3O3/c29-23(19-10-5-4-9-18(19)16-7-2-1-3-8-16)26-17-12-13-21-20(15-17)25(31)28-14-6-11-22(28)24(30)27-21/h1-5,7-10,12-13,15,22H,6,11,14H2,(H,26,29)(H,27,30). The third-order valence-corrected chi connectivity index (χ3v) is 5.84. The number of nitrogens with zero attached hydrogens (tertiary/aromatic N) is 1. The van der Waals surface area contributed by atoms with Gasteiger partial charge < -0.3 is 15.5 Å². The minimum atomic E-state index is -0.421. The second-order valence-corrected chi connectivity index (χ2v) is 7.77. The Morgan fingerprint density at radius 1 is 0.935 bits per heavy atom. The van der Waals surface area contributed by atoms with Crippen LogP contribution in [0.15, 0.2) is 72.8 Å². The van der Waals surface area contributed by atoms with Crippen LogP contribution in [0.25, 0.3) is 11.1 Å². The van der Waals surface area contributed by atoms with Crippen molar-refractivity contribution >= 4 is 29.1 Å². The van der Waals surface area contributed by atoms with Gasteiger partial charge in [-0.25, -0.2) is 0 Å². The summed E-state index contributed by atoms with van der Waals surface area (Å²) in [5.41, 5.74) is 3.71. The number of fused-ring (bicyclic) bond motifs is 2. The molecular weight excluding hydrogens is 390 g/mol. The molecule has 1 saturated heterocycles. The van der Waals surface area contributed by atoms with E-state index in [4.69, 9.17) is 0 Å². The smallest absolute Gasteiger partial charge is 0.256 e. The number of carbonyl (C=O) groups excluding carboxylic acids is 3. The summed E-state index contributed by atoms with van der Waals surface area (Å²) < 4.78 is 0. The molecule has 6 heteroatoms. The van der Waals surface area contributed by atoms with Crippen molar-refractivity contribution in [2.75, 3.05) is 17.2 Å². The van der Waals surface area contributed by atoms with Gasteiger partial charge in [0.15, 0.2) is 0 Å². The predicted molar refractivity (Wildman–Crippen MR) is 119 cm³/mol. The zero-order chi connectivity index (χ0) is 21.4. The summed E-state index contributed by atoms with van der Waals surface area (Å²) in [6, 6.07) is 21.7. The Morgan fingerprint density at radius 2 is 1.71 bits per heavy atom. The van der Waals surface area contributed by atoms with Gasteiger partial charge in [0.2, 0.25) is 5.91 Å². The van der Waals surface area contributed by atoms with Crippen LogP contribution in [0.3, 0.4) is 0 Å². The first kappa shape index (κ1) is 19.1. The lowest BCUT2D eigenvalue weighted by molar-refractivity contribution is -0.119. The zero-order valence-electron chi connectivity index (χ0n) is 16.8. The summed E-state index contributed by atoms with van der Waals surface area (Å²) >= 11 is 0. The van der Waals surface area contributed by atoms with Gasteiger partial charge in [-0.1, -0.05) is 48.5 Å². The van der Waals surface area contributed by atoms with Gasteiger partial charge in [-0.05, 0) is 48.2 Å². The highest BCUT2D eigenvalue weighted by Crippen LogP contribution is 2.31. The van der Waals surface area contributed by atoms with Crippen LogP contribution in [-0.2, 0) is 4.79 Å². The molecule has 0 saturated carbocycles. The van der Waals surface area contributed by atoms with E-state index in [-0.39, 0.29) is 17.7 Å². The summed E-state index contributed by atoms with van der Waals surface area (Å²) in [6.45, 7) is 0.567. The molecule has 31 heavy (non-hydrogen) atoms. The fourth-order valence-corrected chi connectivity index (χ4v) is 4.31. The molecule has 3 aromatic rings. The van der Waals surface area contributed by atoms with Crippen LogP contribution < -0.4 is 10.6 Å². The molecule has 0 aliphatic carbocycles. The van der Waals surface area contributed by atoms with Crippen molar-refractivity contribution in [1.29, 1.82) is 0 Å². The van der Waals surface area contributed by atoms with Gasteiger partial charge in [-0.2, -0.15) is 0 Å². The fourth-order valence-electron chi connectivity index (χ4n) is 4.31. The lowest BCUT2D eigenvalue weighted by Crippen LogP contribution is -2.40. The van der Waals surface area contributed by atoms with Crippen molar-refractivity contribution in [1.82, 2.24) is 4.90 Å². The Hall–Kier alpha value is -3.93. The molecule has 154 valence electrons. The normalized spacial score (nSPS) is 17.4. The molecule has 2 heterocycles. The van der Waals surface area contributed by atoms with Crippen LogP contribution in [-0.4, -0.2) is 35.2 Å². The number of hydrogen-bond acceptors (Lipinski definition) is 3. The first-order valence-electron chi connectivity index (χ1n) is 10.3. The molecule has 2 N–H and O–H groups in total. The number of hydrogen-bond donors (Lipinski definition) is 2. The fraction of sp³-hybridized carbons (Fsp3) is 0.160. The van der Waals surface area contributed by atoms with Crippen molar-refractivity contribution in [2.45, 2.75) is 18.9 Å². The molecule has 1 atom stereocenters. The Kier molecular flexibility index (Phi) is 4.75. The van der Waals surface area contributed by atoms with Crippen molar-refractivity contribution in [2.24, 2.45) is 0 Å². The quantitative estimate of drug-likeness (QED) is 0.679. The van der Waals surface area contributed by atoms with Gasteiger partial charge in [-0.3, -0.25) is 14.4 Å². The van der Waals surface area contributed by atoms with E-state index in [1.54, 1.807) is 29.2 Å². The number of anilines is 2. The maximum Gasteiger partial charge on any atom is 0.256 e. The van der Waals surface area contributed by atoms with Crippen molar-refractivity contribution in [3.63, 3.8) is 0 Å². The lowest BCUT2D eigenvalue weighted by atomic mass is 9.99. The van der Waals surface area contributed by atoms with Gasteiger partial charge in [0.05, 0.1) is 11.3 Å². The van der Waals surface area contributed by atoms with Gasteiger partial charge in [0, 0.05) is 17.8 Å². The van der Waals surface area contributed by atoms with Crippen LogP contribution in [0.1, 0.15) is 33.6 Å². The SMILES string of the molecule is O=C(Nc1ccc2c(c1)C(=O)N1CCCC1C(=O)N2)c1ccccc1-c1ccccc1. The summed E-state index contributed by atoms with van der Waals surface area (Å²) in [4.78, 5) is 40.2. The number of amides is 3. The Bertz CT molecular complexity index is 1190. The molecule has 5 rings (SSSR count). The highest BCUT2D eigenvalue weighted by atomic mass is 16.2. The number of rotatable bonds is 3. The minimum absolute atomic E-state index is 0.154. The molecular formula is C25H21N3O3. The average molecular weight is 411 g/mol. The first-order chi connectivity index (χ1) is 15.1. The Balaban J connectivity index is 1.45. The maximum atomic E-state index is 13.1. The van der Waals surface area contributed by atoms with Crippen LogP contribution in [0.5, 0.6) is 0 Å². The molecule has 6 nitrogen and oxygen atoms in total. The number of benzene rings is 3. The molecule has 1 unspecified atom stereocenters. The van der Waals surface area contributed by atoms with E-state index in [2.05, 4.69) is 10.6 Å². The molecule has 2 aliphatic heterocycles. The molecule has 3 amide bonds. The van der Waals surface area contributed by atoms with E-state index < -0.39 is 6.04 Å². The molecule has 2 aliphatic rings. The highest BCUT2D eigenvalue weighted by molar-refractivity contribution is 6.12. The first-order valence-corrected chi connectivity index (χ1v) is 10.3. The topological polar surface area (TPSA) is 78.5 Å². The van der Waals surface area contributed by atoms with E-state index in [1.165, 1.54) is 0 Å². The van der Waals surface area contributed by atoms with E-state index in [0.717, 1.165) is 17.5 Å². The van der Waals surface area contributed by atoms with Crippen molar-refractivity contribution < 1.29 is 14.4 Å². The zero-order valence-corrected chi connectivity index (χ0v) is 16.8. The summed E-state index contributed by atoms with van der Waals surface area (Å²) in [5.74, 6) is -0.599. The monoisotopic (exact) mass is 411 g/mol. The van der Waals surface area contributed by atoms with Crippen LogP contribution in [0.2, 0.25) is 0 Å². The summed E-state index contributed by atoms with van der Waals surface area (Å²) in [7, 11) is 0. The molecule has 3 aromatic carbocycles.